The number of carboxylic acids is 2. The van der Waals surface area contributed by atoms with E-state index in [0.717, 1.165) is 11.1 Å². The van der Waals surface area contributed by atoms with Crippen LogP contribution < -0.4 is 0 Å². The first-order valence-electron chi connectivity index (χ1n) is 6.62. The maximum absolute atomic E-state index is 10.9. The molecule has 0 heterocycles. The fraction of sp³-hybridized carbons (Fsp3) is 0.176. The van der Waals surface area contributed by atoms with E-state index >= 15 is 0 Å². The molecule has 4 nitrogen and oxygen atoms in total. The van der Waals surface area contributed by atoms with Crippen LogP contribution in [0.1, 0.15) is 38.8 Å². The Morgan fingerprint density at radius 3 is 1.41 bits per heavy atom. The molecule has 5 heteroatoms. The van der Waals surface area contributed by atoms with Crippen molar-refractivity contribution in [3.63, 3.8) is 0 Å². The van der Waals surface area contributed by atoms with Gasteiger partial charge in [-0.05, 0) is 35.4 Å². The highest BCUT2D eigenvalue weighted by atomic mass is 35.5. The summed E-state index contributed by atoms with van der Waals surface area (Å²) in [5, 5.41) is 17.9. The quantitative estimate of drug-likeness (QED) is 0.826. The minimum atomic E-state index is -0.982. The van der Waals surface area contributed by atoms with Gasteiger partial charge in [0.25, 0.3) is 0 Å². The second-order valence-corrected chi connectivity index (χ2v) is 5.50. The van der Waals surface area contributed by atoms with Crippen LogP contribution in [0.5, 0.6) is 0 Å². The van der Waals surface area contributed by atoms with E-state index in [9.17, 15) is 9.59 Å². The molecule has 2 rings (SSSR count). The summed E-state index contributed by atoms with van der Waals surface area (Å²) in [5.74, 6) is -1.68. The van der Waals surface area contributed by atoms with Gasteiger partial charge in [-0.3, -0.25) is 0 Å². The normalized spacial score (nSPS) is 11.2. The standard InChI is InChI=1S/C17H15ClO4/c1-17(10-18,13-6-2-11(3-7-13)15(19)20)14-8-4-12(5-9-14)16(21)22/h2-9H,10H2,1H3,(H,19,20)(H,21,22). The molecule has 0 fully saturated rings. The summed E-state index contributed by atoms with van der Waals surface area (Å²) in [6.45, 7) is 1.94. The summed E-state index contributed by atoms with van der Waals surface area (Å²) >= 11 is 6.15. The van der Waals surface area contributed by atoms with E-state index in [0.29, 0.717) is 0 Å². The summed E-state index contributed by atoms with van der Waals surface area (Å²) in [6.07, 6.45) is 0. The van der Waals surface area contributed by atoms with E-state index in [1.807, 2.05) is 6.92 Å². The molecule has 114 valence electrons. The highest BCUT2D eigenvalue weighted by Gasteiger charge is 2.28. The van der Waals surface area contributed by atoms with Gasteiger partial charge in [-0.15, -0.1) is 11.6 Å². The Kier molecular flexibility index (Phi) is 4.52. The average Bonchev–Trinajstić information content (AvgIpc) is 2.54. The lowest BCUT2D eigenvalue weighted by atomic mass is 9.77. The molecule has 0 aliphatic rings. The van der Waals surface area contributed by atoms with Crippen LogP contribution in [-0.4, -0.2) is 28.0 Å². The molecular formula is C17H15ClO4. The highest BCUT2D eigenvalue weighted by molar-refractivity contribution is 6.19. The summed E-state index contributed by atoms with van der Waals surface area (Å²) in [4.78, 5) is 21.8. The summed E-state index contributed by atoms with van der Waals surface area (Å²) < 4.78 is 0. The first-order valence-corrected chi connectivity index (χ1v) is 7.15. The van der Waals surface area contributed by atoms with Gasteiger partial charge in [0.2, 0.25) is 0 Å². The summed E-state index contributed by atoms with van der Waals surface area (Å²) in [5.41, 5.74) is 1.63. The first-order chi connectivity index (χ1) is 10.4. The predicted octanol–water partition coefficient (Wildman–Crippen LogP) is 3.63. The molecule has 0 saturated heterocycles. The van der Waals surface area contributed by atoms with Gasteiger partial charge in [-0.25, -0.2) is 9.59 Å². The van der Waals surface area contributed by atoms with Crippen molar-refractivity contribution < 1.29 is 19.8 Å². The Balaban J connectivity index is 2.42. The largest absolute Gasteiger partial charge is 0.478 e. The number of alkyl halides is 1. The predicted molar refractivity (Wildman–Crippen MR) is 84.0 cm³/mol. The summed E-state index contributed by atoms with van der Waals surface area (Å²) in [7, 11) is 0. The number of carbonyl (C=O) groups is 2. The van der Waals surface area contributed by atoms with E-state index in [1.165, 1.54) is 24.3 Å². The molecule has 0 aliphatic heterocycles. The Morgan fingerprint density at radius 1 is 0.864 bits per heavy atom. The zero-order chi connectivity index (χ0) is 16.3. The number of hydrogen-bond acceptors (Lipinski definition) is 2. The van der Waals surface area contributed by atoms with Crippen molar-refractivity contribution in [2.45, 2.75) is 12.3 Å². The fourth-order valence-electron chi connectivity index (χ4n) is 2.28. The molecule has 0 aliphatic carbocycles. The Hall–Kier alpha value is -2.33. The Morgan fingerprint density at radius 2 is 1.18 bits per heavy atom. The smallest absolute Gasteiger partial charge is 0.335 e. The lowest BCUT2D eigenvalue weighted by molar-refractivity contribution is 0.0686. The van der Waals surface area contributed by atoms with Crippen molar-refractivity contribution in [1.82, 2.24) is 0 Å². The fourth-order valence-corrected chi connectivity index (χ4v) is 2.59. The van der Waals surface area contributed by atoms with Crippen LogP contribution >= 0.6 is 11.6 Å². The van der Waals surface area contributed by atoms with E-state index in [-0.39, 0.29) is 17.0 Å². The number of rotatable bonds is 5. The second kappa shape index (κ2) is 6.20. The zero-order valence-electron chi connectivity index (χ0n) is 11.9. The van der Waals surface area contributed by atoms with Gasteiger partial charge in [-0.1, -0.05) is 31.2 Å². The average molecular weight is 319 g/mol. The van der Waals surface area contributed by atoms with Crippen LogP contribution in [0.4, 0.5) is 0 Å². The third-order valence-electron chi connectivity index (χ3n) is 3.81. The minimum Gasteiger partial charge on any atom is -0.478 e. The van der Waals surface area contributed by atoms with Crippen LogP contribution in [-0.2, 0) is 5.41 Å². The van der Waals surface area contributed by atoms with Crippen LogP contribution in [0.15, 0.2) is 48.5 Å². The van der Waals surface area contributed by atoms with Gasteiger partial charge in [0, 0.05) is 11.3 Å². The molecule has 2 N–H and O–H groups in total. The molecule has 0 radical (unpaired) electrons. The summed E-state index contributed by atoms with van der Waals surface area (Å²) in [6, 6.07) is 13.1. The van der Waals surface area contributed by atoms with E-state index in [2.05, 4.69) is 0 Å². The van der Waals surface area contributed by atoms with Crippen LogP contribution in [0, 0.1) is 0 Å². The molecule has 0 amide bonds. The Bertz CT molecular complexity index is 632. The van der Waals surface area contributed by atoms with Crippen molar-refractivity contribution >= 4 is 23.5 Å². The monoisotopic (exact) mass is 318 g/mol. The molecule has 2 aromatic rings. The molecule has 0 spiro atoms. The molecule has 0 aromatic heterocycles. The topological polar surface area (TPSA) is 74.6 Å². The number of aromatic carboxylic acids is 2. The number of hydrogen-bond donors (Lipinski definition) is 2. The van der Waals surface area contributed by atoms with Crippen molar-refractivity contribution in [3.05, 3.63) is 70.8 Å². The second-order valence-electron chi connectivity index (χ2n) is 5.23. The van der Waals surface area contributed by atoms with E-state index in [4.69, 9.17) is 21.8 Å². The maximum atomic E-state index is 10.9. The van der Waals surface area contributed by atoms with Gasteiger partial charge >= 0.3 is 11.9 Å². The van der Waals surface area contributed by atoms with Gasteiger partial charge in [-0.2, -0.15) is 0 Å². The number of halogens is 1. The van der Waals surface area contributed by atoms with Gasteiger partial charge < -0.3 is 10.2 Å². The minimum absolute atomic E-state index is 0.210. The van der Waals surface area contributed by atoms with Gasteiger partial charge in [0.1, 0.15) is 0 Å². The first kappa shape index (κ1) is 16.0. The van der Waals surface area contributed by atoms with E-state index in [1.54, 1.807) is 24.3 Å². The maximum Gasteiger partial charge on any atom is 0.335 e. The molecule has 2 aromatic carbocycles. The van der Waals surface area contributed by atoms with Crippen LogP contribution in [0.3, 0.4) is 0 Å². The van der Waals surface area contributed by atoms with Gasteiger partial charge in [0.05, 0.1) is 11.1 Å². The lowest BCUT2D eigenvalue weighted by Crippen LogP contribution is -2.26. The number of carboxylic acid groups (broad SMARTS) is 2. The van der Waals surface area contributed by atoms with Crippen molar-refractivity contribution in [1.29, 1.82) is 0 Å². The lowest BCUT2D eigenvalue weighted by Gasteiger charge is -2.28. The third-order valence-corrected chi connectivity index (χ3v) is 4.34. The number of benzene rings is 2. The van der Waals surface area contributed by atoms with Gasteiger partial charge in [0.15, 0.2) is 0 Å². The molecular weight excluding hydrogens is 304 g/mol. The van der Waals surface area contributed by atoms with Crippen LogP contribution in [0.25, 0.3) is 0 Å². The molecule has 0 saturated carbocycles. The third kappa shape index (κ3) is 2.97. The molecule has 0 unspecified atom stereocenters. The zero-order valence-corrected chi connectivity index (χ0v) is 12.7. The van der Waals surface area contributed by atoms with Crippen molar-refractivity contribution in [2.24, 2.45) is 0 Å². The Labute approximate surface area is 133 Å². The highest BCUT2D eigenvalue weighted by Crippen LogP contribution is 2.33. The molecule has 0 bridgehead atoms. The molecule has 0 atom stereocenters. The van der Waals surface area contributed by atoms with Crippen molar-refractivity contribution in [2.75, 3.05) is 5.88 Å². The van der Waals surface area contributed by atoms with Crippen LogP contribution in [0.2, 0.25) is 0 Å². The van der Waals surface area contributed by atoms with E-state index < -0.39 is 17.4 Å². The SMILES string of the molecule is CC(CCl)(c1ccc(C(=O)O)cc1)c1ccc(C(=O)O)cc1. The van der Waals surface area contributed by atoms with Crippen molar-refractivity contribution in [3.8, 4) is 0 Å². The molecule has 22 heavy (non-hydrogen) atoms.